The van der Waals surface area contributed by atoms with Crippen LogP contribution >= 0.6 is 0 Å². The minimum Gasteiger partial charge on any atom is -0.356 e. The molecule has 0 bridgehead atoms. The largest absolute Gasteiger partial charge is 0.356 e. The van der Waals surface area contributed by atoms with Gasteiger partial charge in [-0.1, -0.05) is 0 Å². The van der Waals surface area contributed by atoms with Crippen molar-refractivity contribution in [2.75, 3.05) is 25.0 Å². The fourth-order valence-electron chi connectivity index (χ4n) is 3.87. The molecule has 3 heterocycles. The summed E-state index contributed by atoms with van der Waals surface area (Å²) in [6.07, 6.45) is 5.22. The number of fused-ring (bicyclic) bond motifs is 1. The van der Waals surface area contributed by atoms with Crippen LogP contribution in [0.1, 0.15) is 34.3 Å². The normalized spacial score (nSPS) is 14.8. The van der Waals surface area contributed by atoms with Crippen molar-refractivity contribution in [1.82, 2.24) is 19.9 Å². The van der Waals surface area contributed by atoms with E-state index >= 15 is 0 Å². The lowest BCUT2D eigenvalue weighted by Gasteiger charge is -2.37. The molecule has 3 aromatic rings. The third-order valence-corrected chi connectivity index (χ3v) is 5.56. The molecule has 1 aliphatic rings. The first-order chi connectivity index (χ1) is 13.6. The van der Waals surface area contributed by atoms with Crippen LogP contribution in [0.3, 0.4) is 0 Å². The molecule has 1 saturated heterocycles. The Bertz CT molecular complexity index is 1060. The zero-order chi connectivity index (χ0) is 19.7. The highest BCUT2D eigenvalue weighted by Crippen LogP contribution is 2.26. The Labute approximate surface area is 163 Å². The average molecular weight is 374 g/mol. The van der Waals surface area contributed by atoms with Gasteiger partial charge in [0.05, 0.1) is 17.0 Å². The van der Waals surface area contributed by atoms with Crippen LogP contribution in [0.15, 0.2) is 36.8 Å². The number of aryl methyl sites for hydroxylation is 1. The summed E-state index contributed by atoms with van der Waals surface area (Å²) in [6, 6.07) is 9.73. The predicted molar refractivity (Wildman–Crippen MR) is 107 cm³/mol. The van der Waals surface area contributed by atoms with Gasteiger partial charge in [0.25, 0.3) is 5.91 Å². The van der Waals surface area contributed by atoms with Crippen LogP contribution in [0.4, 0.5) is 5.82 Å². The van der Waals surface area contributed by atoms with Crippen LogP contribution in [0, 0.1) is 18.3 Å². The highest BCUT2D eigenvalue weighted by molar-refractivity contribution is 5.94. The van der Waals surface area contributed by atoms with Crippen molar-refractivity contribution < 1.29 is 4.79 Å². The maximum absolute atomic E-state index is 12.8. The van der Waals surface area contributed by atoms with E-state index in [9.17, 15) is 4.79 Å². The standard InChI is InChI=1S/C21H22N6O/c1-14-11-15(3-4-16(14)12-22)21(28)27-9-6-17(7-10-27)26(2)20-18-5-8-23-19(18)24-13-25-20/h3-5,8,11,13,17H,6-7,9-10H2,1-2H3,(H,23,24,25). The molecule has 0 atom stereocenters. The van der Waals surface area contributed by atoms with Gasteiger partial charge in [0, 0.05) is 37.9 Å². The summed E-state index contributed by atoms with van der Waals surface area (Å²) in [5.74, 6) is 0.947. The van der Waals surface area contributed by atoms with E-state index in [1.54, 1.807) is 18.5 Å². The summed E-state index contributed by atoms with van der Waals surface area (Å²) in [6.45, 7) is 3.27. The van der Waals surface area contributed by atoms with Gasteiger partial charge in [-0.2, -0.15) is 5.26 Å². The molecule has 1 N–H and O–H groups in total. The lowest BCUT2D eigenvalue weighted by molar-refractivity contribution is 0.0713. The number of nitriles is 1. The number of H-pyrrole nitrogens is 1. The number of anilines is 1. The molecule has 28 heavy (non-hydrogen) atoms. The molecule has 1 aromatic carbocycles. The summed E-state index contributed by atoms with van der Waals surface area (Å²) >= 11 is 0. The molecule has 0 saturated carbocycles. The number of likely N-dealkylation sites (tertiary alicyclic amines) is 1. The van der Waals surface area contributed by atoms with Crippen LogP contribution in [-0.4, -0.2) is 51.9 Å². The van der Waals surface area contributed by atoms with E-state index in [-0.39, 0.29) is 5.91 Å². The molecule has 1 amide bonds. The van der Waals surface area contributed by atoms with E-state index in [0.717, 1.165) is 35.3 Å². The second-order valence-electron chi connectivity index (χ2n) is 7.21. The molecule has 1 fully saturated rings. The Morgan fingerprint density at radius 1 is 1.29 bits per heavy atom. The van der Waals surface area contributed by atoms with E-state index in [2.05, 4.69) is 33.0 Å². The van der Waals surface area contributed by atoms with Gasteiger partial charge in [0.2, 0.25) is 0 Å². The zero-order valence-corrected chi connectivity index (χ0v) is 16.0. The first kappa shape index (κ1) is 18.0. The Hall–Kier alpha value is -3.40. The highest BCUT2D eigenvalue weighted by atomic mass is 16.2. The van der Waals surface area contributed by atoms with Crippen LogP contribution in [0.25, 0.3) is 11.0 Å². The Balaban J connectivity index is 1.44. The molecule has 142 valence electrons. The molecular formula is C21H22N6O. The zero-order valence-electron chi connectivity index (χ0n) is 16.0. The van der Waals surface area contributed by atoms with Crippen LogP contribution < -0.4 is 4.90 Å². The number of hydrogen-bond donors (Lipinski definition) is 1. The first-order valence-corrected chi connectivity index (χ1v) is 9.39. The molecule has 1 aliphatic heterocycles. The molecular weight excluding hydrogens is 352 g/mol. The average Bonchev–Trinajstić information content (AvgIpc) is 3.21. The van der Waals surface area contributed by atoms with E-state index in [0.29, 0.717) is 30.3 Å². The summed E-state index contributed by atoms with van der Waals surface area (Å²) in [5.41, 5.74) is 2.92. The number of aromatic nitrogens is 3. The molecule has 0 radical (unpaired) electrons. The van der Waals surface area contributed by atoms with Gasteiger partial charge in [0.15, 0.2) is 0 Å². The van der Waals surface area contributed by atoms with E-state index in [1.165, 1.54) is 0 Å². The number of hydrogen-bond acceptors (Lipinski definition) is 5. The van der Waals surface area contributed by atoms with Gasteiger partial charge in [-0.3, -0.25) is 4.79 Å². The number of carbonyl (C=O) groups is 1. The van der Waals surface area contributed by atoms with Gasteiger partial charge < -0.3 is 14.8 Å². The molecule has 0 unspecified atom stereocenters. The Morgan fingerprint density at radius 2 is 2.07 bits per heavy atom. The van der Waals surface area contributed by atoms with Gasteiger partial charge >= 0.3 is 0 Å². The van der Waals surface area contributed by atoms with E-state index in [4.69, 9.17) is 5.26 Å². The van der Waals surface area contributed by atoms with Crippen molar-refractivity contribution in [3.8, 4) is 6.07 Å². The molecule has 7 heteroatoms. The van der Waals surface area contributed by atoms with E-state index in [1.807, 2.05) is 30.2 Å². The third-order valence-electron chi connectivity index (χ3n) is 5.56. The minimum absolute atomic E-state index is 0.0313. The maximum atomic E-state index is 12.8. The lowest BCUT2D eigenvalue weighted by Crippen LogP contribution is -2.46. The molecule has 7 nitrogen and oxygen atoms in total. The Morgan fingerprint density at radius 3 is 2.79 bits per heavy atom. The predicted octanol–water partition coefficient (Wildman–Crippen LogP) is 2.88. The van der Waals surface area contributed by atoms with Gasteiger partial charge in [0.1, 0.15) is 17.8 Å². The lowest BCUT2D eigenvalue weighted by atomic mass is 10.0. The second-order valence-corrected chi connectivity index (χ2v) is 7.21. The van der Waals surface area contributed by atoms with Crippen LogP contribution in [-0.2, 0) is 0 Å². The fraction of sp³-hybridized carbons (Fsp3) is 0.333. The van der Waals surface area contributed by atoms with Crippen molar-refractivity contribution in [2.24, 2.45) is 0 Å². The number of amides is 1. The summed E-state index contributed by atoms with van der Waals surface area (Å²) in [5, 5.41) is 10.1. The van der Waals surface area contributed by atoms with Crippen LogP contribution in [0.5, 0.6) is 0 Å². The molecule has 0 spiro atoms. The number of nitrogens with one attached hydrogen (secondary N) is 1. The Kier molecular flexibility index (Phi) is 4.70. The van der Waals surface area contributed by atoms with Crippen molar-refractivity contribution in [1.29, 1.82) is 5.26 Å². The number of piperidine rings is 1. The number of nitrogens with zero attached hydrogens (tertiary/aromatic N) is 5. The molecule has 2 aromatic heterocycles. The van der Waals surface area contributed by atoms with Gasteiger partial charge in [-0.25, -0.2) is 9.97 Å². The summed E-state index contributed by atoms with van der Waals surface area (Å²) in [4.78, 5) is 28.8. The van der Waals surface area contributed by atoms with Gasteiger partial charge in [-0.15, -0.1) is 0 Å². The quantitative estimate of drug-likeness (QED) is 0.761. The summed E-state index contributed by atoms with van der Waals surface area (Å²) < 4.78 is 0. The maximum Gasteiger partial charge on any atom is 0.253 e. The van der Waals surface area contributed by atoms with Crippen molar-refractivity contribution >= 4 is 22.8 Å². The van der Waals surface area contributed by atoms with Crippen molar-refractivity contribution in [3.05, 3.63) is 53.5 Å². The van der Waals surface area contributed by atoms with Gasteiger partial charge in [-0.05, 0) is 49.6 Å². The molecule has 4 rings (SSSR count). The second kappa shape index (κ2) is 7.31. The fourth-order valence-corrected chi connectivity index (χ4v) is 3.87. The van der Waals surface area contributed by atoms with E-state index < -0.39 is 0 Å². The third kappa shape index (κ3) is 3.18. The highest BCUT2D eigenvalue weighted by Gasteiger charge is 2.27. The van der Waals surface area contributed by atoms with Crippen LogP contribution in [0.2, 0.25) is 0 Å². The minimum atomic E-state index is 0.0313. The first-order valence-electron chi connectivity index (χ1n) is 9.39. The number of benzene rings is 1. The number of carbonyl (C=O) groups excluding carboxylic acids is 1. The monoisotopic (exact) mass is 374 g/mol. The topological polar surface area (TPSA) is 88.9 Å². The SMILES string of the molecule is Cc1cc(C(=O)N2CCC(N(C)c3ncnc4[nH]ccc34)CC2)ccc1C#N. The van der Waals surface area contributed by atoms with Crippen molar-refractivity contribution in [3.63, 3.8) is 0 Å². The molecule has 0 aliphatic carbocycles. The number of aromatic amines is 1. The van der Waals surface area contributed by atoms with Crippen molar-refractivity contribution in [2.45, 2.75) is 25.8 Å². The number of rotatable bonds is 3. The smallest absolute Gasteiger partial charge is 0.253 e. The summed E-state index contributed by atoms with van der Waals surface area (Å²) in [7, 11) is 2.06.